The molecule has 8 nitrogen and oxygen atoms in total. The number of nitrogens with one attached hydrogen (secondary N) is 2. The molecule has 2 heterocycles. The second kappa shape index (κ2) is 7.18. The summed E-state index contributed by atoms with van der Waals surface area (Å²) in [6.45, 7) is 0. The van der Waals surface area contributed by atoms with Gasteiger partial charge in [0.05, 0.1) is 21.5 Å². The molecular weight excluding hydrogens is 436 g/mol. The van der Waals surface area contributed by atoms with Crippen LogP contribution in [-0.4, -0.2) is 23.0 Å². The van der Waals surface area contributed by atoms with Crippen molar-refractivity contribution in [1.82, 2.24) is 14.5 Å². The lowest BCUT2D eigenvalue weighted by atomic mass is 10.2. The number of aromatic amines is 1. The average Bonchev–Trinajstić information content (AvgIpc) is 3.15. The van der Waals surface area contributed by atoms with E-state index in [9.17, 15) is 13.2 Å². The molecule has 5 aromatic rings. The largest absolute Gasteiger partial charge is 0.423 e. The van der Waals surface area contributed by atoms with Gasteiger partial charge in [-0.15, -0.1) is 0 Å². The Bertz CT molecular complexity index is 1630. The lowest BCUT2D eigenvalue weighted by molar-refractivity contribution is 0.591. The number of fused-ring (bicyclic) bond motifs is 2. The molecule has 0 aliphatic rings. The Morgan fingerprint density at radius 2 is 1.68 bits per heavy atom. The van der Waals surface area contributed by atoms with Crippen LogP contribution in [-0.2, 0) is 10.0 Å². The van der Waals surface area contributed by atoms with E-state index in [2.05, 4.69) is 14.7 Å². The van der Waals surface area contributed by atoms with Gasteiger partial charge in [0.1, 0.15) is 5.52 Å². The van der Waals surface area contributed by atoms with Gasteiger partial charge >= 0.3 is 6.01 Å². The van der Waals surface area contributed by atoms with E-state index in [0.29, 0.717) is 27.7 Å². The molecule has 0 amide bonds. The van der Waals surface area contributed by atoms with E-state index in [0.717, 1.165) is 0 Å². The Balaban J connectivity index is 1.50. The molecule has 0 fully saturated rings. The van der Waals surface area contributed by atoms with Crippen LogP contribution in [0.4, 0.5) is 6.01 Å². The van der Waals surface area contributed by atoms with Crippen molar-refractivity contribution in [2.75, 3.05) is 4.72 Å². The molecule has 0 aliphatic heterocycles. The molecule has 154 valence electrons. The van der Waals surface area contributed by atoms with E-state index in [1.54, 1.807) is 48.5 Å². The number of para-hydroxylation sites is 3. The minimum atomic E-state index is -3.94. The third kappa shape index (κ3) is 3.41. The molecule has 31 heavy (non-hydrogen) atoms. The summed E-state index contributed by atoms with van der Waals surface area (Å²) in [6.07, 6.45) is 0. The summed E-state index contributed by atoms with van der Waals surface area (Å²) in [5.74, 6) is 0. The monoisotopic (exact) mass is 450 g/mol. The summed E-state index contributed by atoms with van der Waals surface area (Å²) < 4.78 is 34.7. The smallest absolute Gasteiger partial charge is 0.309 e. The topological polar surface area (TPSA) is 110 Å². The zero-order chi connectivity index (χ0) is 21.6. The van der Waals surface area contributed by atoms with Gasteiger partial charge in [-0.3, -0.25) is 9.36 Å². The maximum atomic E-state index is 12.9. The summed E-state index contributed by atoms with van der Waals surface area (Å²) >= 11 is 5.33. The summed E-state index contributed by atoms with van der Waals surface area (Å²) in [7, 11) is -3.94. The highest BCUT2D eigenvalue weighted by atomic mass is 32.2. The number of benzene rings is 3. The fourth-order valence-electron chi connectivity index (χ4n) is 3.26. The van der Waals surface area contributed by atoms with Crippen molar-refractivity contribution in [1.29, 1.82) is 0 Å². The first-order chi connectivity index (χ1) is 14.9. The Labute approximate surface area is 180 Å². The number of aromatic nitrogens is 3. The van der Waals surface area contributed by atoms with E-state index in [1.165, 1.54) is 28.8 Å². The van der Waals surface area contributed by atoms with Crippen molar-refractivity contribution >= 4 is 50.3 Å². The van der Waals surface area contributed by atoms with Crippen molar-refractivity contribution in [3.05, 3.63) is 87.9 Å². The third-order valence-corrected chi connectivity index (χ3v) is 6.35. The molecule has 0 spiro atoms. The van der Waals surface area contributed by atoms with E-state index in [-0.39, 0.29) is 21.2 Å². The summed E-state index contributed by atoms with van der Waals surface area (Å²) in [4.78, 5) is 20.0. The van der Waals surface area contributed by atoms with E-state index in [1.807, 2.05) is 0 Å². The van der Waals surface area contributed by atoms with Crippen LogP contribution in [0.3, 0.4) is 0 Å². The molecule has 0 saturated carbocycles. The van der Waals surface area contributed by atoms with Gasteiger partial charge in [0.25, 0.3) is 15.6 Å². The zero-order valence-corrected chi connectivity index (χ0v) is 17.4. The van der Waals surface area contributed by atoms with Crippen LogP contribution in [0.25, 0.3) is 27.7 Å². The molecule has 0 bridgehead atoms. The van der Waals surface area contributed by atoms with Crippen LogP contribution < -0.4 is 10.3 Å². The molecule has 3 aromatic carbocycles. The van der Waals surface area contributed by atoms with Crippen LogP contribution in [0.1, 0.15) is 0 Å². The zero-order valence-electron chi connectivity index (χ0n) is 15.8. The predicted molar refractivity (Wildman–Crippen MR) is 120 cm³/mol. The summed E-state index contributed by atoms with van der Waals surface area (Å²) in [6, 6.07) is 19.7. The van der Waals surface area contributed by atoms with E-state index in [4.69, 9.17) is 16.6 Å². The standard InChI is InChI=1S/C21H14N4O4S2/c26-19-15-5-1-2-6-16(15)23-21(30)25(19)13-9-11-14(12-10-13)31(27,28)24-20-22-17-7-3-4-8-18(17)29-20/h1-12H,(H,22,24)(H,23,30). The van der Waals surface area contributed by atoms with Gasteiger partial charge in [-0.2, -0.15) is 4.98 Å². The van der Waals surface area contributed by atoms with Crippen molar-refractivity contribution in [2.24, 2.45) is 0 Å². The van der Waals surface area contributed by atoms with E-state index >= 15 is 0 Å². The van der Waals surface area contributed by atoms with Crippen molar-refractivity contribution < 1.29 is 12.8 Å². The number of oxazole rings is 1. The lowest BCUT2D eigenvalue weighted by Gasteiger charge is -2.09. The van der Waals surface area contributed by atoms with Crippen LogP contribution in [0.15, 0.2) is 86.9 Å². The van der Waals surface area contributed by atoms with Crippen LogP contribution in [0, 0.1) is 4.77 Å². The normalized spacial score (nSPS) is 11.7. The fourth-order valence-corrected chi connectivity index (χ4v) is 4.49. The SMILES string of the molecule is O=c1c2ccccc2[nH]c(=S)n1-c1ccc(S(=O)(=O)Nc2nc3ccccc3o2)cc1. The summed E-state index contributed by atoms with van der Waals surface area (Å²) in [5.41, 5.74) is 1.80. The Hall–Kier alpha value is -3.76. The number of hydrogen-bond acceptors (Lipinski definition) is 6. The number of nitrogens with zero attached hydrogens (tertiary/aromatic N) is 2. The first kappa shape index (κ1) is 19.2. The minimum Gasteiger partial charge on any atom is -0.423 e. The highest BCUT2D eigenvalue weighted by Crippen LogP contribution is 2.22. The highest BCUT2D eigenvalue weighted by Gasteiger charge is 2.18. The second-order valence-corrected chi connectivity index (χ2v) is 8.77. The molecular formula is C21H14N4O4S2. The van der Waals surface area contributed by atoms with Gasteiger partial charge in [0.15, 0.2) is 10.4 Å². The molecule has 2 aromatic heterocycles. The summed E-state index contributed by atoms with van der Waals surface area (Å²) in [5, 5.41) is 0.477. The van der Waals surface area contributed by atoms with E-state index < -0.39 is 10.0 Å². The molecule has 0 atom stereocenters. The molecule has 0 radical (unpaired) electrons. The number of anilines is 1. The maximum absolute atomic E-state index is 12.9. The number of hydrogen-bond donors (Lipinski definition) is 2. The van der Waals surface area contributed by atoms with Crippen LogP contribution in [0.2, 0.25) is 0 Å². The number of rotatable bonds is 4. The Morgan fingerprint density at radius 3 is 2.45 bits per heavy atom. The van der Waals surface area contributed by atoms with Gasteiger partial charge in [0.2, 0.25) is 0 Å². The molecule has 0 saturated heterocycles. The van der Waals surface area contributed by atoms with Gasteiger partial charge in [0, 0.05) is 0 Å². The molecule has 0 unspecified atom stereocenters. The fraction of sp³-hybridized carbons (Fsp3) is 0. The second-order valence-electron chi connectivity index (χ2n) is 6.70. The quantitative estimate of drug-likeness (QED) is 0.401. The number of sulfonamides is 1. The van der Waals surface area contributed by atoms with Crippen molar-refractivity contribution in [3.8, 4) is 5.69 Å². The first-order valence-electron chi connectivity index (χ1n) is 9.15. The lowest BCUT2D eigenvalue weighted by Crippen LogP contribution is -2.20. The molecule has 2 N–H and O–H groups in total. The minimum absolute atomic E-state index is 0.0118. The highest BCUT2D eigenvalue weighted by molar-refractivity contribution is 7.92. The molecule has 0 aliphatic carbocycles. The number of H-pyrrole nitrogens is 1. The van der Waals surface area contributed by atoms with Crippen molar-refractivity contribution in [2.45, 2.75) is 4.90 Å². The average molecular weight is 451 g/mol. The van der Waals surface area contributed by atoms with Gasteiger partial charge in [-0.1, -0.05) is 24.3 Å². The first-order valence-corrected chi connectivity index (χ1v) is 11.0. The third-order valence-electron chi connectivity index (χ3n) is 4.73. The maximum Gasteiger partial charge on any atom is 0.309 e. The van der Waals surface area contributed by atoms with Crippen LogP contribution >= 0.6 is 12.2 Å². The van der Waals surface area contributed by atoms with Crippen LogP contribution in [0.5, 0.6) is 0 Å². The van der Waals surface area contributed by atoms with Gasteiger partial charge in [-0.25, -0.2) is 13.1 Å². The predicted octanol–water partition coefficient (Wildman–Crippen LogP) is 3.99. The molecule has 10 heteroatoms. The van der Waals surface area contributed by atoms with Crippen molar-refractivity contribution in [3.63, 3.8) is 0 Å². The van der Waals surface area contributed by atoms with Gasteiger partial charge < -0.3 is 9.40 Å². The Kier molecular flexibility index (Phi) is 4.45. The van der Waals surface area contributed by atoms with Gasteiger partial charge in [-0.05, 0) is 60.7 Å². The Morgan fingerprint density at radius 1 is 0.968 bits per heavy atom. The molecule has 5 rings (SSSR count).